The molecule has 28 heavy (non-hydrogen) atoms. The van der Waals surface area contributed by atoms with Crippen molar-refractivity contribution in [3.63, 3.8) is 0 Å². The van der Waals surface area contributed by atoms with Crippen LogP contribution in [0.5, 0.6) is 0 Å². The molecule has 0 atom stereocenters. The fourth-order valence-electron chi connectivity index (χ4n) is 3.31. The third-order valence-electron chi connectivity index (χ3n) is 4.48. The molecule has 5 heteroatoms. The Labute approximate surface area is 172 Å². The van der Waals surface area contributed by atoms with Gasteiger partial charge in [-0.25, -0.2) is 0 Å². The van der Waals surface area contributed by atoms with Crippen molar-refractivity contribution in [1.29, 1.82) is 5.26 Å². The van der Waals surface area contributed by atoms with Gasteiger partial charge in [-0.1, -0.05) is 46.3 Å². The molecule has 0 fully saturated rings. The summed E-state index contributed by atoms with van der Waals surface area (Å²) in [5, 5.41) is 14.5. The molecule has 0 radical (unpaired) electrons. The summed E-state index contributed by atoms with van der Waals surface area (Å²) in [6.07, 6.45) is 1.90. The van der Waals surface area contributed by atoms with Crippen LogP contribution >= 0.6 is 15.9 Å². The molecule has 2 aromatic carbocycles. The Morgan fingerprint density at radius 1 is 1.07 bits per heavy atom. The molecule has 140 valence electrons. The number of benzene rings is 2. The van der Waals surface area contributed by atoms with Crippen molar-refractivity contribution in [2.75, 3.05) is 5.32 Å². The molecule has 0 amide bonds. The summed E-state index contributed by atoms with van der Waals surface area (Å²) < 4.78 is 7.27. The summed E-state index contributed by atoms with van der Waals surface area (Å²) in [6, 6.07) is 18.3. The predicted molar refractivity (Wildman–Crippen MR) is 117 cm³/mol. The van der Waals surface area contributed by atoms with Crippen LogP contribution in [-0.4, -0.2) is 10.5 Å². The molecule has 4 aromatic rings. The molecule has 0 aliphatic heterocycles. The molecule has 0 aliphatic carbocycles. The van der Waals surface area contributed by atoms with Gasteiger partial charge in [-0.3, -0.25) is 0 Å². The molecular formula is C23H20BrN3O. The number of nitrogens with one attached hydrogen (secondary N) is 2. The minimum absolute atomic E-state index is 0.216. The highest BCUT2D eigenvalue weighted by Crippen LogP contribution is 2.43. The van der Waals surface area contributed by atoms with Crippen molar-refractivity contribution in [3.05, 3.63) is 64.8 Å². The van der Waals surface area contributed by atoms with Crippen LogP contribution in [-0.2, 0) is 0 Å². The summed E-state index contributed by atoms with van der Waals surface area (Å²) in [6.45, 7) is 6.20. The van der Waals surface area contributed by atoms with Crippen molar-refractivity contribution in [3.8, 4) is 28.5 Å². The third kappa shape index (κ3) is 3.32. The maximum absolute atomic E-state index is 10.0. The van der Waals surface area contributed by atoms with Gasteiger partial charge >= 0.3 is 0 Å². The number of hydrogen-bond acceptors (Lipinski definition) is 3. The van der Waals surface area contributed by atoms with Gasteiger partial charge in [-0.05, 0) is 44.5 Å². The summed E-state index contributed by atoms with van der Waals surface area (Å²) in [4.78, 5) is 3.27. The summed E-state index contributed by atoms with van der Waals surface area (Å²) >= 11 is 3.48. The second-order valence-corrected chi connectivity index (χ2v) is 8.67. The number of furan rings is 1. The number of fused-ring (bicyclic) bond motifs is 1. The van der Waals surface area contributed by atoms with Gasteiger partial charge in [0.1, 0.15) is 11.6 Å². The summed E-state index contributed by atoms with van der Waals surface area (Å²) in [5.41, 5.74) is 3.91. The van der Waals surface area contributed by atoms with E-state index in [0.29, 0.717) is 17.2 Å². The average Bonchev–Trinajstić information content (AvgIpc) is 3.22. The minimum Gasteiger partial charge on any atom is -0.439 e. The van der Waals surface area contributed by atoms with E-state index in [4.69, 9.17) is 4.42 Å². The number of aromatic amines is 1. The van der Waals surface area contributed by atoms with Crippen LogP contribution in [0.3, 0.4) is 0 Å². The van der Waals surface area contributed by atoms with Crippen LogP contribution in [0.15, 0.2) is 63.6 Å². The number of para-hydroxylation sites is 1. The van der Waals surface area contributed by atoms with E-state index >= 15 is 0 Å². The first-order valence-electron chi connectivity index (χ1n) is 9.05. The Balaban J connectivity index is 1.99. The highest BCUT2D eigenvalue weighted by molar-refractivity contribution is 9.10. The molecule has 0 saturated heterocycles. The maximum atomic E-state index is 10.0. The maximum Gasteiger partial charge on any atom is 0.203 e. The molecule has 2 aromatic heterocycles. The Morgan fingerprint density at radius 3 is 2.46 bits per heavy atom. The molecule has 0 spiro atoms. The van der Waals surface area contributed by atoms with Gasteiger partial charge in [0.15, 0.2) is 5.76 Å². The number of hydrogen-bond donors (Lipinski definition) is 2. The molecule has 2 heterocycles. The van der Waals surface area contributed by atoms with E-state index in [2.05, 4.69) is 53.1 Å². The van der Waals surface area contributed by atoms with E-state index in [1.165, 1.54) is 0 Å². The number of nitriles is 1. The van der Waals surface area contributed by atoms with Crippen molar-refractivity contribution in [1.82, 2.24) is 4.98 Å². The van der Waals surface area contributed by atoms with Crippen molar-refractivity contribution in [2.24, 2.45) is 0 Å². The van der Waals surface area contributed by atoms with Crippen LogP contribution in [0.1, 0.15) is 26.3 Å². The van der Waals surface area contributed by atoms with Gasteiger partial charge in [-0.2, -0.15) is 5.26 Å². The smallest absolute Gasteiger partial charge is 0.203 e. The topological polar surface area (TPSA) is 64.8 Å². The van der Waals surface area contributed by atoms with Crippen LogP contribution in [0.2, 0.25) is 0 Å². The Bertz CT molecular complexity index is 1190. The monoisotopic (exact) mass is 433 g/mol. The molecule has 2 N–H and O–H groups in total. The highest BCUT2D eigenvalue weighted by atomic mass is 79.9. The van der Waals surface area contributed by atoms with E-state index in [1.54, 1.807) is 0 Å². The number of H-pyrrole nitrogens is 1. The number of anilines is 1. The van der Waals surface area contributed by atoms with E-state index in [9.17, 15) is 5.26 Å². The first-order valence-corrected chi connectivity index (χ1v) is 9.84. The van der Waals surface area contributed by atoms with Gasteiger partial charge in [0, 0.05) is 32.7 Å². The fraction of sp³-hybridized carbons (Fsp3) is 0.174. The second kappa shape index (κ2) is 6.88. The first-order chi connectivity index (χ1) is 13.4. The molecule has 4 nitrogen and oxygen atoms in total. The molecule has 0 bridgehead atoms. The highest BCUT2D eigenvalue weighted by Gasteiger charge is 2.26. The van der Waals surface area contributed by atoms with E-state index in [1.807, 2.05) is 54.7 Å². The standard InChI is InChI=1S/C23H20BrN3O/c1-23(2,3)27-22-20(14-8-10-15(24)11-9-14)17(12-25)21(28-22)18-13-26-19-7-5-4-6-16(18)19/h4-11,13,26-27H,1-3H3. The van der Waals surface area contributed by atoms with Gasteiger partial charge < -0.3 is 14.7 Å². The lowest BCUT2D eigenvalue weighted by molar-refractivity contribution is 0.549. The number of nitrogens with zero attached hydrogens (tertiary/aromatic N) is 1. The SMILES string of the molecule is CC(C)(C)Nc1oc(-c2c[nH]c3ccccc23)c(C#N)c1-c1ccc(Br)cc1. The fourth-order valence-corrected chi connectivity index (χ4v) is 3.57. The molecule has 0 saturated carbocycles. The lowest BCUT2D eigenvalue weighted by Gasteiger charge is -2.21. The lowest BCUT2D eigenvalue weighted by atomic mass is 9.99. The molecular weight excluding hydrogens is 414 g/mol. The van der Waals surface area contributed by atoms with Gasteiger partial charge in [0.05, 0.1) is 5.56 Å². The van der Waals surface area contributed by atoms with Crippen molar-refractivity contribution >= 4 is 32.7 Å². The largest absolute Gasteiger partial charge is 0.439 e. The Morgan fingerprint density at radius 2 is 1.79 bits per heavy atom. The summed E-state index contributed by atoms with van der Waals surface area (Å²) in [5.74, 6) is 1.18. The Hall–Kier alpha value is -2.97. The number of halogens is 1. The molecule has 4 rings (SSSR count). The van der Waals surface area contributed by atoms with Crippen LogP contribution in [0.25, 0.3) is 33.4 Å². The first kappa shape index (κ1) is 18.4. The lowest BCUT2D eigenvalue weighted by Crippen LogP contribution is -2.26. The van der Waals surface area contributed by atoms with E-state index < -0.39 is 0 Å². The normalized spacial score (nSPS) is 11.5. The zero-order chi connectivity index (χ0) is 19.9. The van der Waals surface area contributed by atoms with Gasteiger partial charge in [-0.15, -0.1) is 0 Å². The average molecular weight is 434 g/mol. The van der Waals surface area contributed by atoms with Gasteiger partial charge in [0.2, 0.25) is 5.88 Å². The van der Waals surface area contributed by atoms with Crippen molar-refractivity contribution < 1.29 is 4.42 Å². The Kier molecular flexibility index (Phi) is 4.52. The van der Waals surface area contributed by atoms with Crippen molar-refractivity contribution in [2.45, 2.75) is 26.3 Å². The van der Waals surface area contributed by atoms with Crippen LogP contribution in [0, 0.1) is 11.3 Å². The third-order valence-corrected chi connectivity index (χ3v) is 5.00. The van der Waals surface area contributed by atoms with Crippen LogP contribution < -0.4 is 5.32 Å². The zero-order valence-electron chi connectivity index (χ0n) is 15.9. The van der Waals surface area contributed by atoms with E-state index in [-0.39, 0.29) is 5.54 Å². The molecule has 0 aliphatic rings. The number of aromatic nitrogens is 1. The minimum atomic E-state index is -0.216. The number of rotatable bonds is 3. The van der Waals surface area contributed by atoms with Crippen LogP contribution in [0.4, 0.5) is 5.88 Å². The second-order valence-electron chi connectivity index (χ2n) is 7.75. The summed E-state index contributed by atoms with van der Waals surface area (Å²) in [7, 11) is 0. The van der Waals surface area contributed by atoms with E-state index in [0.717, 1.165) is 32.1 Å². The molecule has 0 unspecified atom stereocenters. The predicted octanol–water partition coefficient (Wildman–Crippen LogP) is 6.94. The van der Waals surface area contributed by atoms with Gasteiger partial charge in [0.25, 0.3) is 0 Å². The zero-order valence-corrected chi connectivity index (χ0v) is 17.5. The quantitative estimate of drug-likeness (QED) is 0.367.